The fourth-order valence-electron chi connectivity index (χ4n) is 2.94. The van der Waals surface area contributed by atoms with Crippen molar-refractivity contribution in [2.24, 2.45) is 0 Å². The van der Waals surface area contributed by atoms with E-state index < -0.39 is 17.4 Å². The number of hydrogen-bond acceptors (Lipinski definition) is 5. The maximum Gasteiger partial charge on any atom is 0.214 e. The lowest BCUT2D eigenvalue weighted by atomic mass is 9.98. The Labute approximate surface area is 112 Å². The number of fused-ring (bicyclic) bond motifs is 3. The minimum atomic E-state index is -0.935. The Hall–Kier alpha value is 0.0900. The molecule has 3 rings (SSSR count). The molecule has 0 aromatic rings. The number of ether oxygens (including phenoxy) is 5. The van der Waals surface area contributed by atoms with Crippen LogP contribution in [0.15, 0.2) is 0 Å². The topological polar surface area (TPSA) is 46.2 Å². The lowest BCUT2D eigenvalue weighted by molar-refractivity contribution is -0.268. The lowest BCUT2D eigenvalue weighted by Gasteiger charge is -2.39. The third-order valence-corrected chi connectivity index (χ3v) is 3.83. The molecule has 0 bridgehead atoms. The number of alkyl halides is 1. The summed E-state index contributed by atoms with van der Waals surface area (Å²) in [6.45, 7) is 7.86. The van der Waals surface area contributed by atoms with Crippen LogP contribution in [0.5, 0.6) is 0 Å². The molecule has 0 aromatic carbocycles. The van der Waals surface area contributed by atoms with Crippen molar-refractivity contribution in [3.05, 3.63) is 0 Å². The summed E-state index contributed by atoms with van der Waals surface area (Å²) in [5.41, 5.74) is 0. The van der Waals surface area contributed by atoms with Crippen molar-refractivity contribution in [2.45, 2.75) is 63.4 Å². The largest absolute Gasteiger partial charge is 0.344 e. The van der Waals surface area contributed by atoms with E-state index in [0.29, 0.717) is 6.61 Å². The van der Waals surface area contributed by atoms with Gasteiger partial charge in [0.1, 0.15) is 18.3 Å². The molecule has 0 aliphatic carbocycles. The Morgan fingerprint density at radius 1 is 1.06 bits per heavy atom. The predicted octanol–water partition coefficient (Wildman–Crippen LogP) is 1.62. The normalized spacial score (nSPS) is 48.8. The average molecular weight is 279 g/mol. The molecule has 104 valence electrons. The fraction of sp³-hybridized carbons (Fsp3) is 1.00. The monoisotopic (exact) mass is 278 g/mol. The van der Waals surface area contributed by atoms with E-state index in [0.717, 1.165) is 0 Å². The molecule has 0 saturated carbocycles. The van der Waals surface area contributed by atoms with E-state index in [4.69, 9.17) is 35.3 Å². The van der Waals surface area contributed by atoms with Gasteiger partial charge in [-0.3, -0.25) is 0 Å². The third-order valence-electron chi connectivity index (χ3n) is 3.46. The van der Waals surface area contributed by atoms with Crippen LogP contribution in [-0.2, 0) is 23.7 Å². The molecular formula is C12H19ClO5. The first-order chi connectivity index (χ1) is 8.27. The molecule has 0 N–H and O–H groups in total. The van der Waals surface area contributed by atoms with E-state index in [2.05, 4.69) is 0 Å². The Morgan fingerprint density at radius 2 is 1.78 bits per heavy atom. The minimum Gasteiger partial charge on any atom is -0.344 e. The highest BCUT2D eigenvalue weighted by Gasteiger charge is 2.64. The van der Waals surface area contributed by atoms with Crippen molar-refractivity contribution in [1.82, 2.24) is 0 Å². The first-order valence-electron chi connectivity index (χ1n) is 6.20. The van der Waals surface area contributed by atoms with Crippen molar-refractivity contribution < 1.29 is 23.7 Å². The molecule has 4 unspecified atom stereocenters. The van der Waals surface area contributed by atoms with Crippen LogP contribution in [-0.4, -0.2) is 48.2 Å². The van der Waals surface area contributed by atoms with Gasteiger partial charge in [0.05, 0.1) is 12.5 Å². The minimum absolute atomic E-state index is 0.140. The third kappa shape index (κ3) is 1.88. The van der Waals surface area contributed by atoms with E-state index in [1.165, 1.54) is 0 Å². The van der Waals surface area contributed by atoms with Crippen LogP contribution >= 0.6 is 11.6 Å². The highest BCUT2D eigenvalue weighted by Crippen LogP contribution is 2.47. The first kappa shape index (κ1) is 13.1. The smallest absolute Gasteiger partial charge is 0.214 e. The van der Waals surface area contributed by atoms with E-state index in [1.807, 2.05) is 27.7 Å². The number of hydrogen-bond donors (Lipinski definition) is 0. The van der Waals surface area contributed by atoms with Gasteiger partial charge >= 0.3 is 0 Å². The summed E-state index contributed by atoms with van der Waals surface area (Å²) in [7, 11) is 0. The predicted molar refractivity (Wildman–Crippen MR) is 63.3 cm³/mol. The summed E-state index contributed by atoms with van der Waals surface area (Å²) in [5, 5.41) is 0. The first-order valence-corrected chi connectivity index (χ1v) is 6.74. The zero-order valence-corrected chi connectivity index (χ0v) is 11.8. The molecule has 3 saturated heterocycles. The van der Waals surface area contributed by atoms with Gasteiger partial charge in [-0.15, -0.1) is 11.6 Å². The van der Waals surface area contributed by atoms with Gasteiger partial charge in [-0.1, -0.05) is 0 Å². The molecule has 3 aliphatic rings. The highest BCUT2D eigenvalue weighted by atomic mass is 35.5. The number of rotatable bonds is 1. The maximum absolute atomic E-state index is 6.03. The SMILES string of the molecule is CC1(C)OC2COC3(CCl)OC(C)(C)OC3C2O1. The van der Waals surface area contributed by atoms with Crippen LogP contribution in [0.3, 0.4) is 0 Å². The van der Waals surface area contributed by atoms with E-state index in [9.17, 15) is 0 Å². The Balaban J connectivity index is 1.90. The van der Waals surface area contributed by atoms with Crippen LogP contribution in [0.25, 0.3) is 0 Å². The summed E-state index contributed by atoms with van der Waals surface area (Å²) in [6.07, 6.45) is -0.723. The molecule has 18 heavy (non-hydrogen) atoms. The van der Waals surface area contributed by atoms with Gasteiger partial charge in [0, 0.05) is 0 Å². The summed E-state index contributed by atoms with van der Waals surface area (Å²) >= 11 is 6.03. The highest BCUT2D eigenvalue weighted by molar-refractivity contribution is 6.18. The second kappa shape index (κ2) is 3.81. The lowest BCUT2D eigenvalue weighted by Crippen LogP contribution is -2.59. The maximum atomic E-state index is 6.03. The van der Waals surface area contributed by atoms with E-state index >= 15 is 0 Å². The van der Waals surface area contributed by atoms with E-state index in [1.54, 1.807) is 0 Å². The zero-order chi connectivity index (χ0) is 13.2. The van der Waals surface area contributed by atoms with Crippen LogP contribution in [0.4, 0.5) is 0 Å². The van der Waals surface area contributed by atoms with E-state index in [-0.39, 0.29) is 24.2 Å². The van der Waals surface area contributed by atoms with Crippen LogP contribution in [0, 0.1) is 0 Å². The summed E-state index contributed by atoms with van der Waals surface area (Å²) in [5.74, 6) is -2.09. The molecule has 6 heteroatoms. The van der Waals surface area contributed by atoms with Crippen molar-refractivity contribution in [1.29, 1.82) is 0 Å². The second-order valence-electron chi connectivity index (χ2n) is 5.94. The zero-order valence-electron chi connectivity index (χ0n) is 11.1. The fourth-order valence-corrected chi connectivity index (χ4v) is 3.22. The molecule has 4 atom stereocenters. The quantitative estimate of drug-likeness (QED) is 0.682. The Kier molecular flexibility index (Phi) is 2.77. The van der Waals surface area contributed by atoms with Crippen molar-refractivity contribution in [2.75, 3.05) is 12.5 Å². The summed E-state index contributed by atoms with van der Waals surface area (Å²) < 4.78 is 29.3. The van der Waals surface area contributed by atoms with Gasteiger partial charge in [-0.2, -0.15) is 0 Å². The van der Waals surface area contributed by atoms with Gasteiger partial charge in [0.15, 0.2) is 11.6 Å². The second-order valence-corrected chi connectivity index (χ2v) is 6.20. The molecule has 0 aromatic heterocycles. The molecule has 0 spiro atoms. The molecule has 3 fully saturated rings. The molecule has 5 nitrogen and oxygen atoms in total. The van der Waals surface area contributed by atoms with Gasteiger partial charge in [-0.05, 0) is 27.7 Å². The Bertz CT molecular complexity index is 358. The molecular weight excluding hydrogens is 260 g/mol. The van der Waals surface area contributed by atoms with Crippen molar-refractivity contribution >= 4 is 11.6 Å². The molecule has 0 amide bonds. The van der Waals surface area contributed by atoms with Gasteiger partial charge < -0.3 is 23.7 Å². The molecule has 0 radical (unpaired) electrons. The molecule has 3 heterocycles. The summed E-state index contributed by atoms with van der Waals surface area (Å²) in [4.78, 5) is 0. The standard InChI is InChI=1S/C12H19ClO5/c1-10(2)15-7-5-14-12(6-13)9(8(7)16-10)17-11(3,4)18-12/h7-9H,5-6H2,1-4H3. The Morgan fingerprint density at radius 3 is 2.44 bits per heavy atom. The van der Waals surface area contributed by atoms with Crippen LogP contribution in [0.2, 0.25) is 0 Å². The van der Waals surface area contributed by atoms with Gasteiger partial charge in [0.25, 0.3) is 0 Å². The van der Waals surface area contributed by atoms with Crippen LogP contribution < -0.4 is 0 Å². The van der Waals surface area contributed by atoms with Gasteiger partial charge in [0.2, 0.25) is 5.79 Å². The van der Waals surface area contributed by atoms with Crippen molar-refractivity contribution in [3.63, 3.8) is 0 Å². The number of halogens is 1. The van der Waals surface area contributed by atoms with Crippen molar-refractivity contribution in [3.8, 4) is 0 Å². The average Bonchev–Trinajstić information content (AvgIpc) is 2.70. The summed E-state index contributed by atoms with van der Waals surface area (Å²) in [6, 6.07) is 0. The van der Waals surface area contributed by atoms with Crippen LogP contribution in [0.1, 0.15) is 27.7 Å². The van der Waals surface area contributed by atoms with Gasteiger partial charge in [-0.25, -0.2) is 0 Å². The molecule has 3 aliphatic heterocycles.